The van der Waals surface area contributed by atoms with Crippen molar-refractivity contribution in [3.63, 3.8) is 0 Å². The van der Waals surface area contributed by atoms with Gasteiger partial charge in [0.2, 0.25) is 0 Å². The number of nitrogens with zero attached hydrogens (tertiary/aromatic N) is 2. The lowest BCUT2D eigenvalue weighted by molar-refractivity contribution is 0.0971. The summed E-state index contributed by atoms with van der Waals surface area (Å²) in [6.45, 7) is 0.172. The molecule has 6 heteroatoms. The van der Waals surface area contributed by atoms with Crippen LogP contribution in [0.25, 0.3) is 6.08 Å². The molecule has 25 heavy (non-hydrogen) atoms. The lowest BCUT2D eigenvalue weighted by atomic mass is 10.1. The number of pyridine rings is 1. The second-order valence-corrected chi connectivity index (χ2v) is 5.73. The number of Topliss-reactive ketones (excluding diaryl/α,β-unsaturated/α-hetero) is 1. The zero-order valence-corrected chi connectivity index (χ0v) is 15.2. The van der Waals surface area contributed by atoms with Gasteiger partial charge in [0.1, 0.15) is 4.99 Å². The van der Waals surface area contributed by atoms with Crippen molar-refractivity contribution < 1.29 is 14.3 Å². The number of ketones is 1. The number of ether oxygens (including phenoxy) is 2. The summed E-state index contributed by atoms with van der Waals surface area (Å²) in [6.07, 6.45) is 7.11. The number of benzene rings is 1. The van der Waals surface area contributed by atoms with E-state index in [2.05, 4.69) is 4.98 Å². The van der Waals surface area contributed by atoms with E-state index in [1.807, 2.05) is 18.2 Å². The molecule has 0 amide bonds. The predicted molar refractivity (Wildman–Crippen MR) is 102 cm³/mol. The van der Waals surface area contributed by atoms with Crippen LogP contribution in [-0.2, 0) is 0 Å². The molecule has 0 aliphatic carbocycles. The number of hydrogen-bond donors (Lipinski definition) is 0. The van der Waals surface area contributed by atoms with E-state index in [9.17, 15) is 4.79 Å². The Labute approximate surface area is 152 Å². The molecule has 0 spiro atoms. The molecule has 130 valence electrons. The van der Waals surface area contributed by atoms with Crippen LogP contribution in [-0.4, -0.2) is 48.5 Å². The molecule has 1 aromatic carbocycles. The third kappa shape index (κ3) is 5.12. The first kappa shape index (κ1) is 18.6. The molecule has 0 bridgehead atoms. The molecular weight excluding hydrogens is 336 g/mol. The maximum atomic E-state index is 12.5. The molecule has 0 saturated heterocycles. The van der Waals surface area contributed by atoms with Gasteiger partial charge < -0.3 is 14.4 Å². The Kier molecular flexibility index (Phi) is 6.65. The average Bonchev–Trinajstić information content (AvgIpc) is 2.66. The first-order valence-electron chi connectivity index (χ1n) is 7.63. The van der Waals surface area contributed by atoms with Gasteiger partial charge in [-0.3, -0.25) is 9.78 Å². The molecule has 1 aromatic heterocycles. The summed E-state index contributed by atoms with van der Waals surface area (Å²) in [5, 5.41) is 0. The SMILES string of the molecule is COc1ccc(C(=O)CN(C)C(=S)C=Cc2cccnc2)cc1OC. The van der Waals surface area contributed by atoms with E-state index in [1.54, 1.807) is 55.7 Å². The van der Waals surface area contributed by atoms with Crippen molar-refractivity contribution in [3.8, 4) is 11.5 Å². The molecule has 0 aliphatic rings. The quantitative estimate of drug-likeness (QED) is 0.431. The van der Waals surface area contributed by atoms with Crippen molar-refractivity contribution in [1.82, 2.24) is 9.88 Å². The van der Waals surface area contributed by atoms with Crippen LogP contribution in [0.5, 0.6) is 11.5 Å². The van der Waals surface area contributed by atoms with Crippen LogP contribution in [0, 0.1) is 0 Å². The smallest absolute Gasteiger partial charge is 0.182 e. The number of carbonyl (C=O) groups excluding carboxylic acids is 1. The van der Waals surface area contributed by atoms with Crippen molar-refractivity contribution in [1.29, 1.82) is 0 Å². The fraction of sp³-hybridized carbons (Fsp3) is 0.211. The summed E-state index contributed by atoms with van der Waals surface area (Å²) in [6, 6.07) is 8.89. The van der Waals surface area contributed by atoms with Gasteiger partial charge in [0.15, 0.2) is 17.3 Å². The zero-order chi connectivity index (χ0) is 18.2. The number of carbonyl (C=O) groups is 1. The summed E-state index contributed by atoms with van der Waals surface area (Å²) in [4.78, 5) is 18.8. The van der Waals surface area contributed by atoms with E-state index in [1.165, 1.54) is 7.11 Å². The number of thiocarbonyl (C=S) groups is 1. The van der Waals surface area contributed by atoms with E-state index in [4.69, 9.17) is 21.7 Å². The first-order chi connectivity index (χ1) is 12.0. The predicted octanol–water partition coefficient (Wildman–Crippen LogP) is 3.25. The summed E-state index contributed by atoms with van der Waals surface area (Å²) in [5.41, 5.74) is 1.49. The van der Waals surface area contributed by atoms with E-state index >= 15 is 0 Å². The number of methoxy groups -OCH3 is 2. The maximum absolute atomic E-state index is 12.5. The van der Waals surface area contributed by atoms with E-state index in [0.717, 1.165) is 5.56 Å². The summed E-state index contributed by atoms with van der Waals surface area (Å²) >= 11 is 5.35. The highest BCUT2D eigenvalue weighted by atomic mass is 32.1. The zero-order valence-electron chi connectivity index (χ0n) is 14.4. The van der Waals surface area contributed by atoms with Crippen molar-refractivity contribution in [2.75, 3.05) is 27.8 Å². The number of rotatable bonds is 7. The van der Waals surface area contributed by atoms with Crippen LogP contribution in [0.3, 0.4) is 0 Å². The van der Waals surface area contributed by atoms with Gasteiger partial charge in [0.25, 0.3) is 0 Å². The van der Waals surface area contributed by atoms with Crippen molar-refractivity contribution >= 4 is 29.1 Å². The van der Waals surface area contributed by atoms with Gasteiger partial charge in [-0.1, -0.05) is 24.4 Å². The molecule has 0 fully saturated rings. The Morgan fingerprint density at radius 2 is 2.00 bits per heavy atom. The number of hydrogen-bond acceptors (Lipinski definition) is 5. The van der Waals surface area contributed by atoms with Gasteiger partial charge in [0, 0.05) is 25.0 Å². The standard InChI is InChI=1S/C19H20N2O3S/c1-21(19(25)9-6-14-5-4-10-20-12-14)13-16(22)15-7-8-17(23-2)18(11-15)24-3/h4-12H,13H2,1-3H3. The highest BCUT2D eigenvalue weighted by Crippen LogP contribution is 2.27. The van der Waals surface area contributed by atoms with Crippen molar-refractivity contribution in [2.45, 2.75) is 0 Å². The van der Waals surface area contributed by atoms with Gasteiger partial charge in [0.05, 0.1) is 20.8 Å². The summed E-state index contributed by atoms with van der Waals surface area (Å²) in [5.74, 6) is 1.05. The number of likely N-dealkylation sites (N-methyl/N-ethyl adjacent to an activating group) is 1. The number of aromatic nitrogens is 1. The largest absolute Gasteiger partial charge is 0.493 e. The molecular formula is C19H20N2O3S. The van der Waals surface area contributed by atoms with Crippen LogP contribution in [0.15, 0.2) is 48.8 Å². The van der Waals surface area contributed by atoms with Crippen molar-refractivity contribution in [3.05, 3.63) is 59.9 Å². The fourth-order valence-electron chi connectivity index (χ4n) is 2.16. The highest BCUT2D eigenvalue weighted by molar-refractivity contribution is 7.80. The van der Waals surface area contributed by atoms with Gasteiger partial charge in [-0.25, -0.2) is 0 Å². The van der Waals surface area contributed by atoms with Gasteiger partial charge in [-0.05, 0) is 35.9 Å². The molecule has 0 radical (unpaired) electrons. The lowest BCUT2D eigenvalue weighted by Gasteiger charge is -2.17. The Hall–Kier alpha value is -2.73. The third-order valence-corrected chi connectivity index (χ3v) is 4.01. The lowest BCUT2D eigenvalue weighted by Crippen LogP contribution is -2.29. The second kappa shape index (κ2) is 8.94. The minimum absolute atomic E-state index is 0.0550. The Morgan fingerprint density at radius 3 is 2.64 bits per heavy atom. The normalized spacial score (nSPS) is 10.5. The van der Waals surface area contributed by atoms with Gasteiger partial charge in [-0.2, -0.15) is 0 Å². The first-order valence-corrected chi connectivity index (χ1v) is 8.04. The van der Waals surface area contributed by atoms with Crippen LogP contribution in [0.4, 0.5) is 0 Å². The van der Waals surface area contributed by atoms with Gasteiger partial charge in [-0.15, -0.1) is 0 Å². The van der Waals surface area contributed by atoms with Crippen LogP contribution in [0.2, 0.25) is 0 Å². The van der Waals surface area contributed by atoms with Crippen LogP contribution in [0.1, 0.15) is 15.9 Å². The molecule has 2 aromatic rings. The molecule has 1 heterocycles. The molecule has 0 unspecified atom stereocenters. The molecule has 0 atom stereocenters. The van der Waals surface area contributed by atoms with Crippen molar-refractivity contribution in [2.24, 2.45) is 0 Å². The van der Waals surface area contributed by atoms with E-state index in [-0.39, 0.29) is 12.3 Å². The second-order valence-electron chi connectivity index (χ2n) is 5.31. The average molecular weight is 356 g/mol. The molecule has 0 saturated carbocycles. The minimum Gasteiger partial charge on any atom is -0.493 e. The fourth-order valence-corrected chi connectivity index (χ4v) is 2.30. The molecule has 2 rings (SSSR count). The highest BCUT2D eigenvalue weighted by Gasteiger charge is 2.13. The monoisotopic (exact) mass is 356 g/mol. The topological polar surface area (TPSA) is 51.7 Å². The van der Waals surface area contributed by atoms with Crippen LogP contribution < -0.4 is 9.47 Å². The maximum Gasteiger partial charge on any atom is 0.182 e. The summed E-state index contributed by atoms with van der Waals surface area (Å²) < 4.78 is 10.4. The third-order valence-electron chi connectivity index (χ3n) is 3.57. The Bertz CT molecular complexity index is 775. The minimum atomic E-state index is -0.0550. The Balaban J connectivity index is 2.02. The Morgan fingerprint density at radius 1 is 1.24 bits per heavy atom. The summed E-state index contributed by atoms with van der Waals surface area (Å²) in [7, 11) is 4.88. The van der Waals surface area contributed by atoms with E-state index in [0.29, 0.717) is 22.1 Å². The van der Waals surface area contributed by atoms with Crippen LogP contribution >= 0.6 is 12.2 Å². The molecule has 5 nitrogen and oxygen atoms in total. The van der Waals surface area contributed by atoms with Gasteiger partial charge >= 0.3 is 0 Å². The van der Waals surface area contributed by atoms with E-state index < -0.39 is 0 Å². The molecule has 0 N–H and O–H groups in total. The molecule has 0 aliphatic heterocycles.